The maximum absolute atomic E-state index is 13.2. The summed E-state index contributed by atoms with van der Waals surface area (Å²) in [4.78, 5) is 70.5. The average Bonchev–Trinajstić information content (AvgIpc) is 3.01. The second-order valence-corrected chi connectivity index (χ2v) is 18.4. The van der Waals surface area contributed by atoms with Crippen molar-refractivity contribution in [2.45, 2.75) is 96.6 Å². The molecule has 0 aromatic carbocycles. The first-order chi connectivity index (χ1) is 18.6. The Balaban J connectivity index is 1.64. The van der Waals surface area contributed by atoms with Crippen molar-refractivity contribution in [3.63, 3.8) is 0 Å². The van der Waals surface area contributed by atoms with Crippen molar-refractivity contribution in [2.75, 3.05) is 26.4 Å². The Hall–Kier alpha value is -2.93. The van der Waals surface area contributed by atoms with Gasteiger partial charge in [-0.2, -0.15) is 0 Å². The number of nitrogens with two attached hydrogens (primary N) is 2. The lowest BCUT2D eigenvalue weighted by molar-refractivity contribution is -0.138. The lowest BCUT2D eigenvalue weighted by atomic mass is 9.84. The van der Waals surface area contributed by atoms with Gasteiger partial charge in [-0.3, -0.25) is 24.2 Å². The monoisotopic (exact) mass is 578 g/mol. The van der Waals surface area contributed by atoms with Gasteiger partial charge in [-0.25, -0.2) is 14.5 Å². The molecule has 0 unspecified atom stereocenters. The number of ether oxygens (including phenoxy) is 1. The van der Waals surface area contributed by atoms with Crippen LogP contribution in [0.3, 0.4) is 0 Å². The van der Waals surface area contributed by atoms with Gasteiger partial charge in [0.1, 0.15) is 23.7 Å². The summed E-state index contributed by atoms with van der Waals surface area (Å²) in [5.74, 6) is -2.09. The number of amides is 7. The van der Waals surface area contributed by atoms with E-state index in [1.807, 2.05) is 6.92 Å². The van der Waals surface area contributed by atoms with E-state index in [1.54, 1.807) is 18.7 Å². The highest BCUT2D eigenvalue weighted by Gasteiger charge is 2.52. The molecule has 2 heterocycles. The summed E-state index contributed by atoms with van der Waals surface area (Å²) in [5.41, 5.74) is 10.0. The minimum atomic E-state index is -1.29. The maximum atomic E-state index is 13.2. The first-order valence-electron chi connectivity index (χ1n) is 14.3. The zero-order valence-corrected chi connectivity index (χ0v) is 25.8. The van der Waals surface area contributed by atoms with E-state index in [9.17, 15) is 24.0 Å². The van der Waals surface area contributed by atoms with Gasteiger partial charge < -0.3 is 21.1 Å². The van der Waals surface area contributed by atoms with E-state index in [4.69, 9.17) is 16.2 Å². The highest BCUT2D eigenvalue weighted by Crippen LogP contribution is 2.35. The SMILES string of the molecule is CCCCN1C(=O)C(=C(N)N)C(=O)N(C2CCC(CN3C(=O)N(COCC[Si](C)(C)C)C(=O)C3(C)C)CC2)C1=O. The third kappa shape index (κ3) is 6.51. The Kier molecular flexibility index (Phi) is 9.71. The fourth-order valence-electron chi connectivity index (χ4n) is 5.45. The highest BCUT2D eigenvalue weighted by molar-refractivity contribution is 6.76. The van der Waals surface area contributed by atoms with E-state index >= 15 is 0 Å². The second kappa shape index (κ2) is 12.3. The lowest BCUT2D eigenvalue weighted by Crippen LogP contribution is -2.61. The molecular weight excluding hydrogens is 532 g/mol. The minimum Gasteiger partial charge on any atom is -0.385 e. The van der Waals surface area contributed by atoms with Crippen molar-refractivity contribution in [3.8, 4) is 0 Å². The third-order valence-corrected chi connectivity index (χ3v) is 9.80. The Bertz CT molecular complexity index is 1060. The molecule has 0 bridgehead atoms. The van der Waals surface area contributed by atoms with Gasteiger partial charge in [0.05, 0.1) is 0 Å². The normalized spacial score (nSPS) is 24.1. The quantitative estimate of drug-likeness (QED) is 0.124. The van der Waals surface area contributed by atoms with Crippen LogP contribution in [0.4, 0.5) is 9.59 Å². The van der Waals surface area contributed by atoms with Crippen LogP contribution in [0.5, 0.6) is 0 Å². The molecule has 3 fully saturated rings. The number of carbonyl (C=O) groups excluding carboxylic acids is 5. The van der Waals surface area contributed by atoms with Gasteiger partial charge in [0.15, 0.2) is 0 Å². The highest BCUT2D eigenvalue weighted by atomic mass is 28.3. The van der Waals surface area contributed by atoms with Crippen LogP contribution in [0.15, 0.2) is 11.4 Å². The zero-order valence-electron chi connectivity index (χ0n) is 24.8. The van der Waals surface area contributed by atoms with Gasteiger partial charge in [0.2, 0.25) is 0 Å². The molecule has 2 aliphatic heterocycles. The molecule has 40 heavy (non-hydrogen) atoms. The largest absolute Gasteiger partial charge is 0.385 e. The van der Waals surface area contributed by atoms with E-state index in [0.717, 1.165) is 22.3 Å². The third-order valence-electron chi connectivity index (χ3n) is 8.10. The summed E-state index contributed by atoms with van der Waals surface area (Å²) < 4.78 is 5.71. The van der Waals surface area contributed by atoms with Crippen LogP contribution in [0.1, 0.15) is 59.3 Å². The van der Waals surface area contributed by atoms with Gasteiger partial charge in [0.25, 0.3) is 17.7 Å². The summed E-state index contributed by atoms with van der Waals surface area (Å²) in [6.07, 6.45) is 3.67. The van der Waals surface area contributed by atoms with Crippen LogP contribution >= 0.6 is 0 Å². The molecule has 0 spiro atoms. The summed E-state index contributed by atoms with van der Waals surface area (Å²) in [6.45, 7) is 13.2. The van der Waals surface area contributed by atoms with Crippen molar-refractivity contribution < 1.29 is 28.7 Å². The Morgan fingerprint density at radius 1 is 0.950 bits per heavy atom. The molecule has 0 radical (unpaired) electrons. The number of urea groups is 2. The number of nitrogens with zero attached hydrogens (tertiary/aromatic N) is 4. The van der Waals surface area contributed by atoms with Crippen LogP contribution in [0.25, 0.3) is 0 Å². The predicted molar refractivity (Wildman–Crippen MR) is 152 cm³/mol. The Labute approximate surface area is 238 Å². The second-order valence-electron chi connectivity index (χ2n) is 12.8. The van der Waals surface area contributed by atoms with Gasteiger partial charge in [0, 0.05) is 33.8 Å². The van der Waals surface area contributed by atoms with Crippen molar-refractivity contribution >= 4 is 37.9 Å². The molecule has 1 saturated carbocycles. The van der Waals surface area contributed by atoms with Crippen LogP contribution in [0, 0.1) is 5.92 Å². The van der Waals surface area contributed by atoms with Crippen molar-refractivity contribution in [1.82, 2.24) is 19.6 Å². The molecule has 13 heteroatoms. The lowest BCUT2D eigenvalue weighted by Gasteiger charge is -2.42. The number of hydrogen-bond acceptors (Lipinski definition) is 8. The maximum Gasteiger partial charge on any atom is 0.334 e. The number of rotatable bonds is 11. The van der Waals surface area contributed by atoms with Gasteiger partial charge in [-0.05, 0) is 57.9 Å². The summed E-state index contributed by atoms with van der Waals surface area (Å²) >= 11 is 0. The summed E-state index contributed by atoms with van der Waals surface area (Å²) in [7, 11) is -1.29. The fraction of sp³-hybridized carbons (Fsp3) is 0.741. The predicted octanol–water partition coefficient (Wildman–Crippen LogP) is 2.62. The number of barbiturate groups is 1. The Morgan fingerprint density at radius 3 is 2.12 bits per heavy atom. The number of imide groups is 3. The number of unbranched alkanes of at least 4 members (excludes halogenated alkanes) is 1. The molecule has 0 aromatic rings. The molecule has 12 nitrogen and oxygen atoms in total. The molecule has 3 rings (SSSR count). The summed E-state index contributed by atoms with van der Waals surface area (Å²) in [6, 6.07) is -0.461. The standard InChI is InChI=1S/C27H46N6O6Si/c1-7-8-13-30-22(34)20(21(28)29)23(35)33(26(30)38)19-11-9-18(10-12-19)16-32-25(37)31(24(36)27(32,2)3)17-39-14-15-40(4,5)6/h18-19H,7-17,28-29H2,1-6H3. The molecule has 1 aliphatic carbocycles. The molecule has 2 saturated heterocycles. The summed E-state index contributed by atoms with van der Waals surface area (Å²) in [5, 5.41) is 0. The van der Waals surface area contributed by atoms with Crippen LogP contribution in [0.2, 0.25) is 25.7 Å². The Morgan fingerprint density at radius 2 is 1.57 bits per heavy atom. The van der Waals surface area contributed by atoms with Gasteiger partial charge in [-0.1, -0.05) is 33.0 Å². The van der Waals surface area contributed by atoms with Crippen molar-refractivity contribution in [3.05, 3.63) is 11.4 Å². The minimum absolute atomic E-state index is 0.0542. The first-order valence-corrected chi connectivity index (χ1v) is 18.0. The molecule has 7 amide bonds. The number of carbonyl (C=O) groups is 5. The van der Waals surface area contributed by atoms with E-state index in [0.29, 0.717) is 45.3 Å². The van der Waals surface area contributed by atoms with Crippen LogP contribution in [-0.2, 0) is 19.1 Å². The van der Waals surface area contributed by atoms with Gasteiger partial charge >= 0.3 is 12.1 Å². The molecule has 0 aromatic heterocycles. The topological polar surface area (TPSA) is 160 Å². The fourth-order valence-corrected chi connectivity index (χ4v) is 6.21. The first kappa shape index (κ1) is 31.6. The number of hydrogen-bond donors (Lipinski definition) is 2. The zero-order chi connectivity index (χ0) is 30.0. The van der Waals surface area contributed by atoms with E-state index < -0.39 is 43.3 Å². The smallest absolute Gasteiger partial charge is 0.334 e. The van der Waals surface area contributed by atoms with Crippen molar-refractivity contribution in [1.29, 1.82) is 0 Å². The molecule has 0 atom stereocenters. The van der Waals surface area contributed by atoms with Crippen LogP contribution < -0.4 is 11.5 Å². The van der Waals surface area contributed by atoms with E-state index in [-0.39, 0.29) is 36.7 Å². The molecule has 3 aliphatic rings. The van der Waals surface area contributed by atoms with Crippen molar-refractivity contribution in [2.24, 2.45) is 17.4 Å². The van der Waals surface area contributed by atoms with Crippen LogP contribution in [-0.4, -0.2) is 95.5 Å². The van der Waals surface area contributed by atoms with E-state index in [1.165, 1.54) is 4.90 Å². The molecule has 4 N–H and O–H groups in total. The molecule has 224 valence electrons. The average molecular weight is 579 g/mol. The molecular formula is C27H46N6O6Si. The van der Waals surface area contributed by atoms with E-state index in [2.05, 4.69) is 19.6 Å². The van der Waals surface area contributed by atoms with Gasteiger partial charge in [-0.15, -0.1) is 0 Å².